The van der Waals surface area contributed by atoms with Gasteiger partial charge in [0.05, 0.1) is 12.4 Å². The Balaban J connectivity index is 3.20. The smallest absolute Gasteiger partial charge is 0.236 e. The van der Waals surface area contributed by atoms with Crippen molar-refractivity contribution in [2.24, 2.45) is 0 Å². The molecule has 0 amide bonds. The minimum absolute atomic E-state index is 0.505. The molecule has 0 spiro atoms. The van der Waals surface area contributed by atoms with Gasteiger partial charge in [0.2, 0.25) is 11.0 Å². The molecular weight excluding hydrogens is 178 g/mol. The Kier molecular flexibility index (Phi) is 1.81. The van der Waals surface area contributed by atoms with Crippen molar-refractivity contribution in [3.05, 3.63) is 18.3 Å². The van der Waals surface area contributed by atoms with Crippen molar-refractivity contribution >= 4 is 10.2 Å². The van der Waals surface area contributed by atoms with Crippen molar-refractivity contribution < 1.29 is 16.7 Å². The molecule has 7 heteroatoms. The second-order valence-electron chi connectivity index (χ2n) is 1.62. The maximum absolute atomic E-state index is 12.0. The van der Waals surface area contributed by atoms with Crippen LogP contribution in [0.1, 0.15) is 0 Å². The van der Waals surface area contributed by atoms with Gasteiger partial charge in [-0.2, -0.15) is 12.8 Å². The molecule has 4 nitrogen and oxygen atoms in total. The Morgan fingerprint density at radius 2 is 1.91 bits per heavy atom. The van der Waals surface area contributed by atoms with Gasteiger partial charge in [-0.3, -0.25) is 0 Å². The molecule has 1 aromatic rings. The maximum atomic E-state index is 12.0. The first-order chi connectivity index (χ1) is 5.00. The van der Waals surface area contributed by atoms with Gasteiger partial charge in [-0.15, -0.1) is 0 Å². The minimum atomic E-state index is -4.86. The van der Waals surface area contributed by atoms with Gasteiger partial charge in [0.15, 0.2) is 0 Å². The first-order valence-electron chi connectivity index (χ1n) is 2.42. The van der Waals surface area contributed by atoms with Gasteiger partial charge in [-0.25, -0.2) is 9.97 Å². The first-order valence-corrected chi connectivity index (χ1v) is 3.81. The monoisotopic (exact) mass is 180 g/mol. The number of aromatic nitrogens is 2. The van der Waals surface area contributed by atoms with Crippen LogP contribution in [0.2, 0.25) is 0 Å². The lowest BCUT2D eigenvalue weighted by Gasteiger charge is -1.90. The van der Waals surface area contributed by atoms with Crippen molar-refractivity contribution in [1.29, 1.82) is 0 Å². The fourth-order valence-electron chi connectivity index (χ4n) is 0.426. The third-order valence-electron chi connectivity index (χ3n) is 0.846. The van der Waals surface area contributed by atoms with Crippen molar-refractivity contribution in [2.45, 2.75) is 5.03 Å². The number of hydrogen-bond acceptors (Lipinski definition) is 4. The zero-order valence-corrected chi connectivity index (χ0v) is 5.85. The molecule has 1 aromatic heterocycles. The van der Waals surface area contributed by atoms with E-state index in [0.717, 1.165) is 0 Å². The lowest BCUT2D eigenvalue weighted by Crippen LogP contribution is -1.97. The fourth-order valence-corrected chi connectivity index (χ4v) is 0.784. The standard InChI is InChI=1S/C4H2F2N2O2S/c5-3-1-8-4(2-7-3)11(6,9)10/h1-2H. The Bertz CT molecular complexity index is 347. The highest BCUT2D eigenvalue weighted by Crippen LogP contribution is 2.05. The Morgan fingerprint density at radius 1 is 1.27 bits per heavy atom. The molecule has 11 heavy (non-hydrogen) atoms. The number of nitrogens with zero attached hydrogens (tertiary/aromatic N) is 2. The van der Waals surface area contributed by atoms with E-state index in [1.807, 2.05) is 0 Å². The first kappa shape index (κ1) is 7.99. The van der Waals surface area contributed by atoms with E-state index in [-0.39, 0.29) is 0 Å². The average Bonchev–Trinajstić information content (AvgIpc) is 1.86. The van der Waals surface area contributed by atoms with Crippen molar-refractivity contribution in [2.75, 3.05) is 0 Å². The summed E-state index contributed by atoms with van der Waals surface area (Å²) in [6.45, 7) is 0. The van der Waals surface area contributed by atoms with E-state index in [1.54, 1.807) is 0 Å². The molecule has 0 aliphatic rings. The maximum Gasteiger partial charge on any atom is 0.351 e. The van der Waals surface area contributed by atoms with Crippen LogP contribution in [0.5, 0.6) is 0 Å². The zero-order valence-electron chi connectivity index (χ0n) is 5.03. The van der Waals surface area contributed by atoms with E-state index in [0.29, 0.717) is 12.4 Å². The molecule has 0 aliphatic heterocycles. The summed E-state index contributed by atoms with van der Waals surface area (Å²) in [5.41, 5.74) is 0. The fraction of sp³-hybridized carbons (Fsp3) is 0. The van der Waals surface area contributed by atoms with Crippen molar-refractivity contribution in [3.63, 3.8) is 0 Å². The Morgan fingerprint density at radius 3 is 2.27 bits per heavy atom. The van der Waals surface area contributed by atoms with E-state index in [9.17, 15) is 16.7 Å². The molecule has 0 bridgehead atoms. The second kappa shape index (κ2) is 2.50. The van der Waals surface area contributed by atoms with Gasteiger partial charge in [-0.1, -0.05) is 3.89 Å². The average molecular weight is 180 g/mol. The van der Waals surface area contributed by atoms with Crippen LogP contribution >= 0.6 is 0 Å². The zero-order chi connectivity index (χ0) is 8.48. The number of hydrogen-bond donors (Lipinski definition) is 0. The molecule has 0 N–H and O–H groups in total. The van der Waals surface area contributed by atoms with Crippen LogP contribution in [0, 0.1) is 5.95 Å². The molecule has 0 fully saturated rings. The van der Waals surface area contributed by atoms with Gasteiger partial charge in [0.25, 0.3) is 0 Å². The predicted octanol–water partition coefficient (Wildman–Crippen LogP) is 0.274. The van der Waals surface area contributed by atoms with Crippen LogP contribution < -0.4 is 0 Å². The van der Waals surface area contributed by atoms with Crippen molar-refractivity contribution in [1.82, 2.24) is 9.97 Å². The van der Waals surface area contributed by atoms with E-state index >= 15 is 0 Å². The number of halogens is 2. The summed E-state index contributed by atoms with van der Waals surface area (Å²) in [7, 11) is -4.86. The predicted molar refractivity (Wildman–Crippen MR) is 30.3 cm³/mol. The summed E-state index contributed by atoms with van der Waals surface area (Å²) >= 11 is 0. The van der Waals surface area contributed by atoms with Gasteiger partial charge in [0.1, 0.15) is 0 Å². The summed E-state index contributed by atoms with van der Waals surface area (Å²) in [6.07, 6.45) is 1.02. The molecule has 0 aliphatic carbocycles. The normalized spacial score (nSPS) is 11.5. The molecule has 60 valence electrons. The molecule has 0 saturated carbocycles. The lowest BCUT2D eigenvalue weighted by molar-refractivity contribution is 0.539. The minimum Gasteiger partial charge on any atom is -0.236 e. The highest BCUT2D eigenvalue weighted by atomic mass is 32.3. The topological polar surface area (TPSA) is 59.9 Å². The Hall–Kier alpha value is -1.11. The molecule has 0 saturated heterocycles. The lowest BCUT2D eigenvalue weighted by atomic mass is 10.7. The molecule has 0 aromatic carbocycles. The SMILES string of the molecule is O=S(=O)(F)c1cnc(F)cn1. The summed E-state index contributed by atoms with van der Waals surface area (Å²) in [5, 5.41) is -0.890. The van der Waals surface area contributed by atoms with Crippen LogP contribution in [0.15, 0.2) is 17.4 Å². The molecular formula is C4H2F2N2O2S. The highest BCUT2D eigenvalue weighted by molar-refractivity contribution is 7.86. The van der Waals surface area contributed by atoms with Crippen LogP contribution in [0.25, 0.3) is 0 Å². The van der Waals surface area contributed by atoms with Gasteiger partial charge >= 0.3 is 10.2 Å². The molecule has 1 heterocycles. The Labute approximate surface area is 61.1 Å². The van der Waals surface area contributed by atoms with E-state index in [2.05, 4.69) is 9.97 Å². The third kappa shape index (κ3) is 1.90. The van der Waals surface area contributed by atoms with Crippen LogP contribution in [0.3, 0.4) is 0 Å². The molecule has 0 radical (unpaired) electrons. The van der Waals surface area contributed by atoms with E-state index < -0.39 is 21.2 Å². The molecule has 0 unspecified atom stereocenters. The summed E-state index contributed by atoms with van der Waals surface area (Å²) < 4.78 is 44.1. The van der Waals surface area contributed by atoms with Gasteiger partial charge in [-0.05, 0) is 0 Å². The summed E-state index contributed by atoms with van der Waals surface area (Å²) in [5.74, 6) is -0.961. The van der Waals surface area contributed by atoms with Crippen LogP contribution in [0.4, 0.5) is 8.28 Å². The summed E-state index contributed by atoms with van der Waals surface area (Å²) in [4.78, 5) is 5.85. The summed E-state index contributed by atoms with van der Waals surface area (Å²) in [6, 6.07) is 0. The quantitative estimate of drug-likeness (QED) is 0.582. The van der Waals surface area contributed by atoms with Crippen molar-refractivity contribution in [3.8, 4) is 0 Å². The third-order valence-corrected chi connectivity index (χ3v) is 1.56. The van der Waals surface area contributed by atoms with Crippen LogP contribution in [-0.4, -0.2) is 18.4 Å². The van der Waals surface area contributed by atoms with E-state index in [4.69, 9.17) is 0 Å². The van der Waals surface area contributed by atoms with E-state index in [1.165, 1.54) is 0 Å². The van der Waals surface area contributed by atoms with Gasteiger partial charge in [0, 0.05) is 0 Å². The highest BCUT2D eigenvalue weighted by Gasteiger charge is 2.13. The molecule has 0 atom stereocenters. The largest absolute Gasteiger partial charge is 0.351 e. The number of rotatable bonds is 1. The van der Waals surface area contributed by atoms with Crippen LogP contribution in [-0.2, 0) is 10.2 Å². The van der Waals surface area contributed by atoms with Gasteiger partial charge < -0.3 is 0 Å². The second-order valence-corrected chi connectivity index (χ2v) is 2.91. The molecule has 1 rings (SSSR count).